The highest BCUT2D eigenvalue weighted by Gasteiger charge is 2.37. The van der Waals surface area contributed by atoms with Crippen LogP contribution in [-0.2, 0) is 10.0 Å². The van der Waals surface area contributed by atoms with Crippen LogP contribution in [0.3, 0.4) is 0 Å². The standard InChI is InChI=1S/C11H17N3O2S2/c1-17-11(5-2-6-11)8-14-18(15,16)9-3-4-10(12)13-7-9/h3-4,7,14H,2,5-6,8H2,1H3,(H2,12,13). The number of sulfonamides is 1. The maximum absolute atomic E-state index is 12.0. The summed E-state index contributed by atoms with van der Waals surface area (Å²) in [6.07, 6.45) is 6.61. The topological polar surface area (TPSA) is 85.1 Å². The van der Waals surface area contributed by atoms with Gasteiger partial charge in [0.15, 0.2) is 0 Å². The summed E-state index contributed by atoms with van der Waals surface area (Å²) in [4.78, 5) is 3.96. The number of pyridine rings is 1. The molecule has 0 aromatic carbocycles. The lowest BCUT2D eigenvalue weighted by molar-refractivity contribution is 0.362. The Morgan fingerprint density at radius 3 is 2.67 bits per heavy atom. The first-order valence-electron chi connectivity index (χ1n) is 5.74. The van der Waals surface area contributed by atoms with Crippen molar-refractivity contribution in [3.8, 4) is 0 Å². The van der Waals surface area contributed by atoms with Crippen LogP contribution in [0.1, 0.15) is 19.3 Å². The molecule has 1 aromatic heterocycles. The van der Waals surface area contributed by atoms with Gasteiger partial charge in [-0.2, -0.15) is 11.8 Å². The fourth-order valence-corrected chi connectivity index (χ4v) is 3.96. The lowest BCUT2D eigenvalue weighted by Gasteiger charge is -2.40. The molecule has 3 N–H and O–H groups in total. The number of hydrogen-bond donors (Lipinski definition) is 2. The molecule has 18 heavy (non-hydrogen) atoms. The van der Waals surface area contributed by atoms with Crippen molar-refractivity contribution in [1.29, 1.82) is 0 Å². The van der Waals surface area contributed by atoms with E-state index in [1.807, 2.05) is 6.26 Å². The molecule has 1 saturated carbocycles. The van der Waals surface area contributed by atoms with E-state index in [0.29, 0.717) is 12.4 Å². The van der Waals surface area contributed by atoms with Crippen molar-refractivity contribution in [2.24, 2.45) is 0 Å². The van der Waals surface area contributed by atoms with Crippen molar-refractivity contribution in [2.45, 2.75) is 28.9 Å². The first-order chi connectivity index (χ1) is 8.47. The minimum Gasteiger partial charge on any atom is -0.384 e. The molecule has 0 bridgehead atoms. The number of rotatable bonds is 5. The Balaban J connectivity index is 2.05. The van der Waals surface area contributed by atoms with Crippen LogP contribution in [0.2, 0.25) is 0 Å². The number of nitrogens with two attached hydrogens (primary N) is 1. The minimum atomic E-state index is -3.48. The Hall–Kier alpha value is -0.790. The van der Waals surface area contributed by atoms with Gasteiger partial charge in [0.2, 0.25) is 10.0 Å². The number of anilines is 1. The first kappa shape index (κ1) is 13.6. The summed E-state index contributed by atoms with van der Waals surface area (Å²) in [5.74, 6) is 0.313. The molecule has 0 amide bonds. The molecule has 1 aliphatic rings. The highest BCUT2D eigenvalue weighted by molar-refractivity contribution is 8.00. The third-order valence-corrected chi connectivity index (χ3v) is 6.16. The summed E-state index contributed by atoms with van der Waals surface area (Å²) in [5.41, 5.74) is 5.44. The van der Waals surface area contributed by atoms with Crippen LogP contribution in [0.25, 0.3) is 0 Å². The number of nitrogens with one attached hydrogen (secondary N) is 1. The second kappa shape index (κ2) is 5.07. The molecule has 0 aliphatic heterocycles. The molecule has 1 fully saturated rings. The van der Waals surface area contributed by atoms with E-state index in [1.54, 1.807) is 11.8 Å². The number of hydrogen-bond acceptors (Lipinski definition) is 5. The predicted octanol–water partition coefficient (Wildman–Crippen LogP) is 1.23. The molecule has 0 saturated heterocycles. The molecule has 0 unspecified atom stereocenters. The first-order valence-corrected chi connectivity index (χ1v) is 8.45. The fraction of sp³-hybridized carbons (Fsp3) is 0.545. The maximum Gasteiger partial charge on any atom is 0.242 e. The normalized spacial score (nSPS) is 18.3. The van der Waals surface area contributed by atoms with Gasteiger partial charge >= 0.3 is 0 Å². The second-order valence-electron chi connectivity index (χ2n) is 4.48. The number of nitrogens with zero attached hydrogens (tertiary/aromatic N) is 1. The van der Waals surface area contributed by atoms with E-state index in [9.17, 15) is 8.42 Å². The van der Waals surface area contributed by atoms with Gasteiger partial charge in [0.05, 0.1) is 0 Å². The van der Waals surface area contributed by atoms with Gasteiger partial charge in [0.1, 0.15) is 10.7 Å². The smallest absolute Gasteiger partial charge is 0.242 e. The number of thioether (sulfide) groups is 1. The van der Waals surface area contributed by atoms with Gasteiger partial charge < -0.3 is 5.73 Å². The molecule has 1 aromatic rings. The summed E-state index contributed by atoms with van der Waals surface area (Å²) in [6.45, 7) is 0.473. The minimum absolute atomic E-state index is 0.0777. The highest BCUT2D eigenvalue weighted by atomic mass is 32.2. The van der Waals surface area contributed by atoms with Crippen molar-refractivity contribution < 1.29 is 8.42 Å². The van der Waals surface area contributed by atoms with Crippen LogP contribution >= 0.6 is 11.8 Å². The molecular formula is C11H17N3O2S2. The molecule has 0 radical (unpaired) electrons. The maximum atomic E-state index is 12.0. The zero-order valence-electron chi connectivity index (χ0n) is 10.2. The van der Waals surface area contributed by atoms with Gasteiger partial charge in [0.25, 0.3) is 0 Å². The Morgan fingerprint density at radius 2 is 2.22 bits per heavy atom. The molecule has 1 aliphatic carbocycles. The molecule has 2 rings (SSSR count). The van der Waals surface area contributed by atoms with Gasteiger partial charge in [-0.1, -0.05) is 6.42 Å². The Kier molecular flexibility index (Phi) is 3.84. The van der Waals surface area contributed by atoms with Crippen LogP contribution in [-0.4, -0.2) is 30.9 Å². The van der Waals surface area contributed by atoms with Crippen LogP contribution in [0.15, 0.2) is 23.2 Å². The van der Waals surface area contributed by atoms with E-state index in [4.69, 9.17) is 5.73 Å². The highest BCUT2D eigenvalue weighted by Crippen LogP contribution is 2.42. The monoisotopic (exact) mass is 287 g/mol. The molecule has 5 nitrogen and oxygen atoms in total. The SMILES string of the molecule is CSC1(CNS(=O)(=O)c2ccc(N)nc2)CCC1. The summed E-state index contributed by atoms with van der Waals surface area (Å²) in [5, 5.41) is 0. The lowest BCUT2D eigenvalue weighted by Crippen LogP contribution is -2.45. The average Bonchev–Trinajstić information content (AvgIpc) is 2.29. The average molecular weight is 287 g/mol. The van der Waals surface area contributed by atoms with Gasteiger partial charge in [-0.3, -0.25) is 0 Å². The van der Waals surface area contributed by atoms with Gasteiger partial charge in [-0.25, -0.2) is 18.1 Å². The van der Waals surface area contributed by atoms with Crippen molar-refractivity contribution >= 4 is 27.6 Å². The van der Waals surface area contributed by atoms with E-state index in [-0.39, 0.29) is 9.64 Å². The van der Waals surface area contributed by atoms with E-state index in [2.05, 4.69) is 9.71 Å². The van der Waals surface area contributed by atoms with Gasteiger partial charge in [-0.15, -0.1) is 0 Å². The lowest BCUT2D eigenvalue weighted by atomic mass is 9.84. The van der Waals surface area contributed by atoms with Crippen molar-refractivity contribution in [3.05, 3.63) is 18.3 Å². The molecule has 100 valence electrons. The van der Waals surface area contributed by atoms with E-state index < -0.39 is 10.0 Å². The largest absolute Gasteiger partial charge is 0.384 e. The van der Waals surface area contributed by atoms with Crippen LogP contribution in [0.5, 0.6) is 0 Å². The van der Waals surface area contributed by atoms with Crippen molar-refractivity contribution in [1.82, 2.24) is 9.71 Å². The Morgan fingerprint density at radius 1 is 1.50 bits per heavy atom. The molecule has 0 atom stereocenters. The van der Waals surface area contributed by atoms with E-state index >= 15 is 0 Å². The number of aromatic nitrogens is 1. The summed E-state index contributed by atoms with van der Waals surface area (Å²) >= 11 is 1.73. The zero-order valence-corrected chi connectivity index (χ0v) is 11.9. The third-order valence-electron chi connectivity index (χ3n) is 3.35. The van der Waals surface area contributed by atoms with Gasteiger partial charge in [0, 0.05) is 17.5 Å². The summed E-state index contributed by atoms with van der Waals surface area (Å²) in [7, 11) is -3.48. The Bertz CT molecular complexity index is 504. The summed E-state index contributed by atoms with van der Waals surface area (Å²) in [6, 6.07) is 2.96. The van der Waals surface area contributed by atoms with E-state index in [1.165, 1.54) is 24.8 Å². The third kappa shape index (κ3) is 2.78. The second-order valence-corrected chi connectivity index (χ2v) is 7.53. The fourth-order valence-electron chi connectivity index (χ4n) is 1.88. The zero-order chi connectivity index (χ0) is 13.2. The number of nitrogen functional groups attached to an aromatic ring is 1. The predicted molar refractivity (Wildman–Crippen MR) is 73.9 cm³/mol. The van der Waals surface area contributed by atoms with Crippen molar-refractivity contribution in [2.75, 3.05) is 18.5 Å². The molecule has 7 heteroatoms. The molecular weight excluding hydrogens is 270 g/mol. The Labute approximate surface area is 112 Å². The van der Waals surface area contributed by atoms with Crippen LogP contribution in [0, 0.1) is 0 Å². The molecule has 0 spiro atoms. The van der Waals surface area contributed by atoms with Crippen molar-refractivity contribution in [3.63, 3.8) is 0 Å². The van der Waals surface area contributed by atoms with Crippen LogP contribution in [0.4, 0.5) is 5.82 Å². The van der Waals surface area contributed by atoms with Gasteiger partial charge in [-0.05, 0) is 31.2 Å². The molecule has 1 heterocycles. The van der Waals surface area contributed by atoms with E-state index in [0.717, 1.165) is 12.8 Å². The quantitative estimate of drug-likeness (QED) is 0.850. The van der Waals surface area contributed by atoms with Crippen LogP contribution < -0.4 is 10.5 Å². The summed E-state index contributed by atoms with van der Waals surface area (Å²) < 4.78 is 26.8.